The number of likely N-dealkylation sites (tertiary alicyclic amines) is 1. The first kappa shape index (κ1) is 16.7. The third kappa shape index (κ3) is 3.85. The highest BCUT2D eigenvalue weighted by molar-refractivity contribution is 5.87. The number of nitrogens with zero attached hydrogens (tertiary/aromatic N) is 1. The minimum Gasteiger partial charge on any atom is -0.342 e. The van der Waals surface area contributed by atoms with Crippen LogP contribution in [-0.4, -0.2) is 37.5 Å². The highest BCUT2D eigenvalue weighted by Crippen LogP contribution is 2.28. The second kappa shape index (κ2) is 8.11. The third-order valence-corrected chi connectivity index (χ3v) is 4.93. The van der Waals surface area contributed by atoms with Crippen molar-refractivity contribution in [3.05, 3.63) is 71.8 Å². The summed E-state index contributed by atoms with van der Waals surface area (Å²) in [6.07, 6.45) is 2.17. The van der Waals surface area contributed by atoms with Crippen molar-refractivity contribution in [2.24, 2.45) is 5.92 Å². The molecule has 1 heterocycles. The standard InChI is InChI=1S/C21H26N2O/c1-22-16-17-12-14-23(15-13-17)21(24)20(18-8-4-2-5-9-18)19-10-6-3-7-11-19/h2-11,17,20,22H,12-16H2,1H3. The Morgan fingerprint density at radius 2 is 1.50 bits per heavy atom. The van der Waals surface area contributed by atoms with Gasteiger partial charge < -0.3 is 10.2 Å². The maximum atomic E-state index is 13.3. The number of amides is 1. The second-order valence-electron chi connectivity index (χ2n) is 6.58. The van der Waals surface area contributed by atoms with Crippen LogP contribution in [0, 0.1) is 5.92 Å². The van der Waals surface area contributed by atoms with E-state index >= 15 is 0 Å². The van der Waals surface area contributed by atoms with Crippen LogP contribution in [0.5, 0.6) is 0 Å². The Morgan fingerprint density at radius 3 is 1.96 bits per heavy atom. The molecule has 0 aliphatic carbocycles. The molecule has 24 heavy (non-hydrogen) atoms. The zero-order valence-corrected chi connectivity index (χ0v) is 14.3. The number of rotatable bonds is 5. The largest absolute Gasteiger partial charge is 0.342 e. The first-order valence-electron chi connectivity index (χ1n) is 8.83. The van der Waals surface area contributed by atoms with Crippen molar-refractivity contribution in [3.8, 4) is 0 Å². The van der Waals surface area contributed by atoms with Gasteiger partial charge in [-0.05, 0) is 43.5 Å². The maximum absolute atomic E-state index is 13.3. The van der Waals surface area contributed by atoms with Gasteiger partial charge in [-0.2, -0.15) is 0 Å². The predicted molar refractivity (Wildman–Crippen MR) is 98.0 cm³/mol. The Labute approximate surface area is 144 Å². The van der Waals surface area contributed by atoms with Crippen molar-refractivity contribution in [1.29, 1.82) is 0 Å². The van der Waals surface area contributed by atoms with Crippen LogP contribution >= 0.6 is 0 Å². The molecule has 0 saturated carbocycles. The van der Waals surface area contributed by atoms with Gasteiger partial charge in [0.25, 0.3) is 0 Å². The number of nitrogens with one attached hydrogen (secondary N) is 1. The lowest BCUT2D eigenvalue weighted by atomic mass is 9.88. The van der Waals surface area contributed by atoms with Crippen LogP contribution in [0.4, 0.5) is 0 Å². The zero-order valence-electron chi connectivity index (χ0n) is 14.3. The summed E-state index contributed by atoms with van der Waals surface area (Å²) in [5, 5.41) is 3.25. The molecule has 1 saturated heterocycles. The van der Waals surface area contributed by atoms with Gasteiger partial charge in [0.05, 0.1) is 5.92 Å². The third-order valence-electron chi connectivity index (χ3n) is 4.93. The first-order valence-corrected chi connectivity index (χ1v) is 8.83. The van der Waals surface area contributed by atoms with Crippen molar-refractivity contribution in [3.63, 3.8) is 0 Å². The molecule has 0 unspecified atom stereocenters. The molecular formula is C21H26N2O. The van der Waals surface area contributed by atoms with Gasteiger partial charge >= 0.3 is 0 Å². The van der Waals surface area contributed by atoms with E-state index in [0.717, 1.165) is 43.6 Å². The molecular weight excluding hydrogens is 296 g/mol. The summed E-state index contributed by atoms with van der Waals surface area (Å²) >= 11 is 0. The van der Waals surface area contributed by atoms with E-state index in [-0.39, 0.29) is 11.8 Å². The van der Waals surface area contributed by atoms with Gasteiger partial charge in [0.1, 0.15) is 0 Å². The summed E-state index contributed by atoms with van der Waals surface area (Å²) in [4.78, 5) is 15.3. The summed E-state index contributed by atoms with van der Waals surface area (Å²) in [5.74, 6) is 0.717. The van der Waals surface area contributed by atoms with Crippen molar-refractivity contribution in [2.75, 3.05) is 26.7 Å². The molecule has 1 amide bonds. The maximum Gasteiger partial charge on any atom is 0.234 e. The average molecular weight is 322 g/mol. The topological polar surface area (TPSA) is 32.3 Å². The minimum absolute atomic E-state index is 0.201. The highest BCUT2D eigenvalue weighted by Gasteiger charge is 2.30. The van der Waals surface area contributed by atoms with Crippen LogP contribution in [0.25, 0.3) is 0 Å². The van der Waals surface area contributed by atoms with Gasteiger partial charge in [0.2, 0.25) is 5.91 Å². The lowest BCUT2D eigenvalue weighted by molar-refractivity contribution is -0.133. The van der Waals surface area contributed by atoms with Gasteiger partial charge in [0, 0.05) is 13.1 Å². The van der Waals surface area contributed by atoms with Gasteiger partial charge in [-0.3, -0.25) is 4.79 Å². The molecule has 1 aliphatic rings. The number of hydrogen-bond acceptors (Lipinski definition) is 2. The summed E-state index contributed by atoms with van der Waals surface area (Å²) < 4.78 is 0. The molecule has 0 radical (unpaired) electrons. The number of hydrogen-bond donors (Lipinski definition) is 1. The van der Waals surface area contributed by atoms with Crippen LogP contribution in [-0.2, 0) is 4.79 Å². The van der Waals surface area contributed by atoms with Crippen molar-refractivity contribution >= 4 is 5.91 Å². The number of carbonyl (C=O) groups is 1. The summed E-state index contributed by atoms with van der Waals surface area (Å²) in [7, 11) is 2.00. The van der Waals surface area contributed by atoms with Gasteiger partial charge in [-0.15, -0.1) is 0 Å². The number of carbonyl (C=O) groups excluding carboxylic acids is 1. The lowest BCUT2D eigenvalue weighted by Crippen LogP contribution is -2.42. The molecule has 2 aromatic carbocycles. The molecule has 1 fully saturated rings. The van der Waals surface area contributed by atoms with Gasteiger partial charge in [-0.25, -0.2) is 0 Å². The Balaban J connectivity index is 1.80. The smallest absolute Gasteiger partial charge is 0.234 e. The molecule has 0 atom stereocenters. The highest BCUT2D eigenvalue weighted by atomic mass is 16.2. The molecule has 1 aliphatic heterocycles. The molecule has 3 rings (SSSR count). The van der Waals surface area contributed by atoms with Crippen LogP contribution < -0.4 is 5.32 Å². The summed E-state index contributed by atoms with van der Waals surface area (Å²) in [6.45, 7) is 2.77. The van der Waals surface area contributed by atoms with Gasteiger partial charge in [-0.1, -0.05) is 60.7 Å². The van der Waals surface area contributed by atoms with E-state index in [1.807, 2.05) is 43.4 Å². The minimum atomic E-state index is -0.201. The Hall–Kier alpha value is -2.13. The molecule has 0 spiro atoms. The first-order chi connectivity index (χ1) is 11.8. The van der Waals surface area contributed by atoms with Crippen molar-refractivity contribution in [1.82, 2.24) is 10.2 Å². The SMILES string of the molecule is CNCC1CCN(C(=O)C(c2ccccc2)c2ccccc2)CC1. The molecule has 0 aromatic heterocycles. The van der Waals surface area contributed by atoms with Gasteiger partial charge in [0.15, 0.2) is 0 Å². The van der Waals surface area contributed by atoms with E-state index in [1.54, 1.807) is 0 Å². The second-order valence-corrected chi connectivity index (χ2v) is 6.58. The fourth-order valence-corrected chi connectivity index (χ4v) is 3.60. The van der Waals surface area contributed by atoms with E-state index < -0.39 is 0 Å². The van der Waals surface area contributed by atoms with E-state index in [4.69, 9.17) is 0 Å². The van der Waals surface area contributed by atoms with E-state index in [0.29, 0.717) is 5.92 Å². The number of benzene rings is 2. The van der Waals surface area contributed by atoms with E-state index in [1.165, 1.54) is 0 Å². The quantitative estimate of drug-likeness (QED) is 0.916. The average Bonchev–Trinajstić information content (AvgIpc) is 2.64. The van der Waals surface area contributed by atoms with Crippen molar-refractivity contribution < 1.29 is 4.79 Å². The zero-order chi connectivity index (χ0) is 16.8. The Morgan fingerprint density at radius 1 is 1.00 bits per heavy atom. The monoisotopic (exact) mass is 322 g/mol. The molecule has 2 aromatic rings. The molecule has 1 N–H and O–H groups in total. The normalized spacial score (nSPS) is 15.7. The Kier molecular flexibility index (Phi) is 5.65. The molecule has 3 heteroatoms. The fourth-order valence-electron chi connectivity index (χ4n) is 3.60. The van der Waals surface area contributed by atoms with Crippen LogP contribution in [0.1, 0.15) is 29.9 Å². The van der Waals surface area contributed by atoms with Crippen LogP contribution in [0.2, 0.25) is 0 Å². The molecule has 3 nitrogen and oxygen atoms in total. The predicted octanol–water partition coefficient (Wildman–Crippen LogP) is 3.28. The molecule has 0 bridgehead atoms. The Bertz CT molecular complexity index is 594. The summed E-state index contributed by atoms with van der Waals surface area (Å²) in [6, 6.07) is 20.3. The van der Waals surface area contributed by atoms with E-state index in [9.17, 15) is 4.79 Å². The van der Waals surface area contributed by atoms with Crippen molar-refractivity contribution in [2.45, 2.75) is 18.8 Å². The van der Waals surface area contributed by atoms with Crippen LogP contribution in [0.15, 0.2) is 60.7 Å². The molecule has 126 valence electrons. The van der Waals surface area contributed by atoms with E-state index in [2.05, 4.69) is 34.5 Å². The fraction of sp³-hybridized carbons (Fsp3) is 0.381. The number of piperidine rings is 1. The summed E-state index contributed by atoms with van der Waals surface area (Å²) in [5.41, 5.74) is 2.15. The van der Waals surface area contributed by atoms with Crippen LogP contribution in [0.3, 0.4) is 0 Å². The lowest BCUT2D eigenvalue weighted by Gasteiger charge is -2.34.